The van der Waals surface area contributed by atoms with E-state index in [9.17, 15) is 18.4 Å². The maximum Gasteiger partial charge on any atom is 0.281 e. The summed E-state index contributed by atoms with van der Waals surface area (Å²) in [5.74, 6) is -2.75. The fourth-order valence-electron chi connectivity index (χ4n) is 4.28. The minimum absolute atomic E-state index is 0.111. The number of carbonyl (C=O) groups is 2. The van der Waals surface area contributed by atoms with Gasteiger partial charge in [-0.15, -0.1) is 5.10 Å². The maximum absolute atomic E-state index is 14.5. The number of hydrogen-bond donors (Lipinski definition) is 4. The first kappa shape index (κ1) is 28.5. The van der Waals surface area contributed by atoms with Crippen LogP contribution in [0.15, 0.2) is 58.7 Å². The molecule has 1 fully saturated rings. The number of aryl methyl sites for hydroxylation is 1. The van der Waals surface area contributed by atoms with E-state index >= 15 is 0 Å². The quantitative estimate of drug-likeness (QED) is 0.244. The standard InChI is InChI=1S/C27H31F2N9O2S/c1-16-12-21(35-34-16)32-23-19-6-5-11-38(19)36-25(33-23)41-18-9-7-17(8-10-18)30-22(39)14-37-13-20(27(28,29)15-37)31-24(40)26(2,3)4/h5-12,20H,13-15H2,1-4H3,(H,30,39)(H,31,40)(H2,32,33,34,35,36)/t20-/m0/s1. The van der Waals surface area contributed by atoms with Gasteiger partial charge in [0.25, 0.3) is 5.92 Å². The number of nitrogens with one attached hydrogen (secondary N) is 4. The Kier molecular flexibility index (Phi) is 7.70. The first-order valence-corrected chi connectivity index (χ1v) is 13.8. The normalized spacial score (nSPS) is 17.1. The topological polar surface area (TPSA) is 132 Å². The Hall–Kier alpha value is -4.04. The molecule has 41 heavy (non-hydrogen) atoms. The number of benzene rings is 1. The van der Waals surface area contributed by atoms with Gasteiger partial charge in [-0.25, -0.2) is 18.3 Å². The molecule has 3 aromatic heterocycles. The summed E-state index contributed by atoms with van der Waals surface area (Å²) in [5, 5.41) is 20.5. The first-order valence-electron chi connectivity index (χ1n) is 13.0. The summed E-state index contributed by atoms with van der Waals surface area (Å²) in [6.07, 6.45) is 1.83. The van der Waals surface area contributed by atoms with E-state index < -0.39 is 35.7 Å². The minimum atomic E-state index is -3.13. The zero-order chi connectivity index (χ0) is 29.4. The Morgan fingerprint density at radius 1 is 1.20 bits per heavy atom. The van der Waals surface area contributed by atoms with E-state index in [-0.39, 0.29) is 13.1 Å². The molecule has 0 radical (unpaired) electrons. The summed E-state index contributed by atoms with van der Waals surface area (Å²) in [4.78, 5) is 31.6. The monoisotopic (exact) mass is 583 g/mol. The van der Waals surface area contributed by atoms with Crippen molar-refractivity contribution in [2.24, 2.45) is 5.41 Å². The number of rotatable bonds is 8. The van der Waals surface area contributed by atoms with Crippen LogP contribution >= 0.6 is 11.8 Å². The molecule has 11 nitrogen and oxygen atoms in total. The summed E-state index contributed by atoms with van der Waals surface area (Å²) in [7, 11) is 0. The predicted octanol–water partition coefficient (Wildman–Crippen LogP) is 4.08. The van der Waals surface area contributed by atoms with Gasteiger partial charge in [0, 0.05) is 40.5 Å². The van der Waals surface area contributed by atoms with Crippen molar-refractivity contribution in [1.29, 1.82) is 0 Å². The SMILES string of the molecule is Cc1cc(Nc2nc(Sc3ccc(NC(=O)CN4C[C@H](NC(=O)C(C)(C)C)C(F)(F)C4)cc3)nn3cccc23)n[nH]1. The summed E-state index contributed by atoms with van der Waals surface area (Å²) >= 11 is 1.35. The van der Waals surface area contributed by atoms with Crippen LogP contribution in [0.3, 0.4) is 0 Å². The summed E-state index contributed by atoms with van der Waals surface area (Å²) < 4.78 is 30.7. The van der Waals surface area contributed by atoms with E-state index in [1.165, 1.54) is 16.7 Å². The number of amides is 2. The number of aromatic amines is 1. The van der Waals surface area contributed by atoms with Crippen molar-refractivity contribution in [2.45, 2.75) is 49.7 Å². The highest BCUT2D eigenvalue weighted by Crippen LogP contribution is 2.30. The number of anilines is 3. The van der Waals surface area contributed by atoms with E-state index in [0.717, 1.165) is 16.1 Å². The third-order valence-electron chi connectivity index (χ3n) is 6.41. The molecule has 2 amide bonds. The van der Waals surface area contributed by atoms with E-state index in [0.29, 0.717) is 22.5 Å². The average molecular weight is 584 g/mol. The molecule has 5 rings (SSSR count). The molecule has 0 spiro atoms. The largest absolute Gasteiger partial charge is 0.345 e. The molecular weight excluding hydrogens is 552 g/mol. The van der Waals surface area contributed by atoms with Crippen molar-refractivity contribution in [3.8, 4) is 0 Å². The van der Waals surface area contributed by atoms with Gasteiger partial charge in [0.05, 0.1) is 13.1 Å². The number of nitrogens with zero attached hydrogens (tertiary/aromatic N) is 5. The molecule has 4 aromatic rings. The number of likely N-dealkylation sites (tertiary alicyclic amines) is 1. The van der Waals surface area contributed by atoms with Gasteiger partial charge in [0.1, 0.15) is 11.6 Å². The van der Waals surface area contributed by atoms with Crippen LogP contribution in [-0.2, 0) is 9.59 Å². The van der Waals surface area contributed by atoms with Gasteiger partial charge >= 0.3 is 0 Å². The highest BCUT2D eigenvalue weighted by atomic mass is 32.2. The van der Waals surface area contributed by atoms with E-state index in [4.69, 9.17) is 0 Å². The van der Waals surface area contributed by atoms with Crippen molar-refractivity contribution >= 4 is 46.4 Å². The van der Waals surface area contributed by atoms with E-state index in [2.05, 4.69) is 36.2 Å². The van der Waals surface area contributed by atoms with Gasteiger partial charge in [0.15, 0.2) is 11.6 Å². The highest BCUT2D eigenvalue weighted by Gasteiger charge is 2.49. The van der Waals surface area contributed by atoms with Crippen LogP contribution in [0, 0.1) is 12.3 Å². The molecule has 1 atom stereocenters. The van der Waals surface area contributed by atoms with Gasteiger partial charge in [-0.2, -0.15) is 5.10 Å². The Morgan fingerprint density at radius 3 is 2.63 bits per heavy atom. The fraction of sp³-hybridized carbons (Fsp3) is 0.370. The number of aromatic nitrogens is 5. The highest BCUT2D eigenvalue weighted by molar-refractivity contribution is 7.99. The smallest absolute Gasteiger partial charge is 0.281 e. The molecular formula is C27H31F2N9O2S. The minimum Gasteiger partial charge on any atom is -0.345 e. The lowest BCUT2D eigenvalue weighted by Gasteiger charge is -2.24. The second-order valence-electron chi connectivity index (χ2n) is 11.0. The lowest BCUT2D eigenvalue weighted by atomic mass is 9.95. The lowest BCUT2D eigenvalue weighted by molar-refractivity contribution is -0.131. The Morgan fingerprint density at radius 2 is 1.95 bits per heavy atom. The molecule has 0 aliphatic carbocycles. The molecule has 14 heteroatoms. The van der Waals surface area contributed by atoms with E-state index in [1.54, 1.807) is 37.4 Å². The number of carbonyl (C=O) groups excluding carboxylic acids is 2. The van der Waals surface area contributed by atoms with Crippen LogP contribution < -0.4 is 16.0 Å². The van der Waals surface area contributed by atoms with Crippen LogP contribution in [0.4, 0.5) is 26.1 Å². The molecule has 0 unspecified atom stereocenters. The predicted molar refractivity (Wildman–Crippen MR) is 152 cm³/mol. The Balaban J connectivity index is 1.18. The molecule has 0 bridgehead atoms. The summed E-state index contributed by atoms with van der Waals surface area (Å²) in [5.41, 5.74) is 1.46. The van der Waals surface area contributed by atoms with Crippen molar-refractivity contribution in [3.05, 3.63) is 54.4 Å². The van der Waals surface area contributed by atoms with Crippen molar-refractivity contribution in [3.63, 3.8) is 0 Å². The van der Waals surface area contributed by atoms with Crippen molar-refractivity contribution in [2.75, 3.05) is 30.3 Å². The number of alkyl halides is 2. The van der Waals surface area contributed by atoms with E-state index in [1.807, 2.05) is 43.5 Å². The molecule has 0 saturated carbocycles. The number of halogens is 2. The molecule has 1 saturated heterocycles. The first-order chi connectivity index (χ1) is 19.4. The Labute approximate surface area is 239 Å². The summed E-state index contributed by atoms with van der Waals surface area (Å²) in [6.45, 7) is 5.97. The van der Waals surface area contributed by atoms with Crippen LogP contribution in [0.1, 0.15) is 26.5 Å². The van der Waals surface area contributed by atoms with Crippen LogP contribution in [0.5, 0.6) is 0 Å². The third kappa shape index (κ3) is 6.82. The average Bonchev–Trinajstić information content (AvgIpc) is 3.58. The molecule has 4 heterocycles. The third-order valence-corrected chi connectivity index (χ3v) is 7.27. The van der Waals surface area contributed by atoms with Crippen LogP contribution in [0.2, 0.25) is 0 Å². The van der Waals surface area contributed by atoms with Crippen LogP contribution in [0.25, 0.3) is 5.52 Å². The number of H-pyrrole nitrogens is 1. The molecule has 216 valence electrons. The van der Waals surface area contributed by atoms with Gasteiger partial charge in [-0.3, -0.25) is 19.6 Å². The van der Waals surface area contributed by atoms with Crippen molar-refractivity contribution < 1.29 is 18.4 Å². The van der Waals surface area contributed by atoms with Gasteiger partial charge in [0.2, 0.25) is 17.0 Å². The number of fused-ring (bicyclic) bond motifs is 1. The van der Waals surface area contributed by atoms with Gasteiger partial charge in [-0.1, -0.05) is 20.8 Å². The molecule has 1 aliphatic heterocycles. The van der Waals surface area contributed by atoms with Crippen LogP contribution in [-0.4, -0.2) is 73.1 Å². The Bertz CT molecular complexity index is 1560. The molecule has 1 aliphatic rings. The summed E-state index contributed by atoms with van der Waals surface area (Å²) in [6, 6.07) is 11.4. The lowest BCUT2D eigenvalue weighted by Crippen LogP contribution is -2.50. The second-order valence-corrected chi connectivity index (χ2v) is 12.1. The second kappa shape index (κ2) is 11.1. The number of hydrogen-bond acceptors (Lipinski definition) is 8. The zero-order valence-corrected chi connectivity index (χ0v) is 23.9. The maximum atomic E-state index is 14.5. The van der Waals surface area contributed by atoms with Gasteiger partial charge in [-0.05, 0) is 55.1 Å². The molecule has 1 aromatic carbocycles. The molecule has 4 N–H and O–H groups in total. The zero-order valence-electron chi connectivity index (χ0n) is 23.0. The van der Waals surface area contributed by atoms with Gasteiger partial charge < -0.3 is 16.0 Å². The van der Waals surface area contributed by atoms with Crippen molar-refractivity contribution in [1.82, 2.24) is 35.0 Å². The fourth-order valence-corrected chi connectivity index (χ4v) is 5.03.